The van der Waals surface area contributed by atoms with Gasteiger partial charge in [-0.25, -0.2) is 9.18 Å². The summed E-state index contributed by atoms with van der Waals surface area (Å²) in [6.45, 7) is 3.52. The van der Waals surface area contributed by atoms with Crippen LogP contribution in [0.2, 0.25) is 0 Å². The summed E-state index contributed by atoms with van der Waals surface area (Å²) in [5.74, 6) is -2.12. The molecule has 1 saturated heterocycles. The third-order valence-electron chi connectivity index (χ3n) is 2.48. The summed E-state index contributed by atoms with van der Waals surface area (Å²) in [5, 5.41) is 2.12. The minimum atomic E-state index is -5.06. The van der Waals surface area contributed by atoms with Gasteiger partial charge in [-0.1, -0.05) is 0 Å². The summed E-state index contributed by atoms with van der Waals surface area (Å²) in [6, 6.07) is -1.21. The molecule has 1 aliphatic heterocycles. The third-order valence-corrected chi connectivity index (χ3v) is 2.48. The summed E-state index contributed by atoms with van der Waals surface area (Å²) in [5.41, 5.74) is -0.810. The second-order valence-corrected chi connectivity index (χ2v) is 5.48. The van der Waals surface area contributed by atoms with Crippen LogP contribution in [0.5, 0.6) is 0 Å². The van der Waals surface area contributed by atoms with Gasteiger partial charge in [-0.2, -0.15) is 13.2 Å². The molecule has 1 fully saturated rings. The van der Waals surface area contributed by atoms with Gasteiger partial charge in [0.2, 0.25) is 0 Å². The normalized spacial score (nSPS) is 23.6. The minimum absolute atomic E-state index is 0.326. The number of hydrogen-bond donors (Lipinski definition) is 1. The van der Waals surface area contributed by atoms with Crippen molar-refractivity contribution in [2.75, 3.05) is 13.1 Å². The number of halogens is 4. The second-order valence-electron chi connectivity index (χ2n) is 5.48. The molecule has 2 atom stereocenters. The molecule has 0 spiro atoms. The Kier molecular flexibility index (Phi) is 4.50. The van der Waals surface area contributed by atoms with Crippen LogP contribution in [0, 0.1) is 0 Å². The Balaban J connectivity index is 2.58. The van der Waals surface area contributed by atoms with Crippen molar-refractivity contribution in [1.29, 1.82) is 0 Å². The number of hydrogen-bond acceptors (Lipinski definition) is 3. The monoisotopic (exact) mass is 300 g/mol. The largest absolute Gasteiger partial charge is 0.471 e. The average molecular weight is 300 g/mol. The molecular weight excluding hydrogens is 284 g/mol. The molecule has 1 N–H and O–H groups in total. The molecule has 0 radical (unpaired) electrons. The van der Waals surface area contributed by atoms with Gasteiger partial charge in [-0.05, 0) is 20.8 Å². The Bertz CT molecular complexity index is 392. The van der Waals surface area contributed by atoms with Crippen LogP contribution >= 0.6 is 0 Å². The Labute approximate surface area is 113 Å². The fourth-order valence-corrected chi connectivity index (χ4v) is 1.70. The number of nitrogens with zero attached hydrogens (tertiary/aromatic N) is 1. The first kappa shape index (κ1) is 16.5. The van der Waals surface area contributed by atoms with Crippen LogP contribution in [0.3, 0.4) is 0 Å². The van der Waals surface area contributed by atoms with E-state index in [9.17, 15) is 27.2 Å². The van der Waals surface area contributed by atoms with Crippen molar-refractivity contribution >= 4 is 12.0 Å². The maximum Gasteiger partial charge on any atom is 0.471 e. The van der Waals surface area contributed by atoms with Crippen LogP contribution in [-0.4, -0.2) is 54.0 Å². The zero-order chi connectivity index (χ0) is 15.7. The lowest BCUT2D eigenvalue weighted by atomic mass is 10.2. The van der Waals surface area contributed by atoms with E-state index in [2.05, 4.69) is 5.32 Å². The summed E-state index contributed by atoms with van der Waals surface area (Å²) in [7, 11) is 0. The van der Waals surface area contributed by atoms with Crippen LogP contribution < -0.4 is 5.32 Å². The Morgan fingerprint density at radius 3 is 2.20 bits per heavy atom. The predicted molar refractivity (Wildman–Crippen MR) is 60.7 cm³/mol. The van der Waals surface area contributed by atoms with Crippen molar-refractivity contribution in [2.45, 2.75) is 44.8 Å². The number of rotatable bonds is 1. The van der Waals surface area contributed by atoms with Crippen LogP contribution in [0.25, 0.3) is 0 Å². The zero-order valence-corrected chi connectivity index (χ0v) is 11.3. The highest BCUT2D eigenvalue weighted by atomic mass is 19.4. The van der Waals surface area contributed by atoms with Gasteiger partial charge in [0, 0.05) is 6.54 Å². The maximum absolute atomic E-state index is 13.5. The zero-order valence-electron chi connectivity index (χ0n) is 11.3. The van der Waals surface area contributed by atoms with Gasteiger partial charge in [-0.3, -0.25) is 4.79 Å². The molecule has 1 aliphatic rings. The van der Waals surface area contributed by atoms with Gasteiger partial charge >= 0.3 is 18.2 Å². The molecule has 9 heteroatoms. The highest BCUT2D eigenvalue weighted by molar-refractivity contribution is 5.82. The number of carbonyl (C=O) groups is 2. The Morgan fingerprint density at radius 1 is 1.20 bits per heavy atom. The maximum atomic E-state index is 13.5. The lowest BCUT2D eigenvalue weighted by Gasteiger charge is -2.22. The molecule has 1 heterocycles. The molecule has 2 amide bonds. The van der Waals surface area contributed by atoms with Gasteiger partial charge < -0.3 is 15.0 Å². The van der Waals surface area contributed by atoms with E-state index in [0.717, 1.165) is 0 Å². The van der Waals surface area contributed by atoms with Crippen molar-refractivity contribution < 1.29 is 31.9 Å². The van der Waals surface area contributed by atoms with E-state index < -0.39 is 49.1 Å². The topological polar surface area (TPSA) is 58.6 Å². The van der Waals surface area contributed by atoms with Crippen molar-refractivity contribution in [2.24, 2.45) is 0 Å². The molecule has 0 aromatic carbocycles. The number of ether oxygens (including phenoxy) is 1. The Hall–Kier alpha value is -1.54. The molecule has 0 aromatic rings. The van der Waals surface area contributed by atoms with Gasteiger partial charge in [0.25, 0.3) is 0 Å². The fraction of sp³-hybridized carbons (Fsp3) is 0.818. The fourth-order valence-electron chi connectivity index (χ4n) is 1.70. The van der Waals surface area contributed by atoms with Crippen LogP contribution in [0.15, 0.2) is 0 Å². The van der Waals surface area contributed by atoms with E-state index in [0.29, 0.717) is 4.90 Å². The lowest BCUT2D eigenvalue weighted by molar-refractivity contribution is -0.184. The van der Waals surface area contributed by atoms with E-state index in [4.69, 9.17) is 4.74 Å². The number of carbonyl (C=O) groups excluding carboxylic acids is 2. The minimum Gasteiger partial charge on any atom is -0.444 e. The first-order valence-electron chi connectivity index (χ1n) is 5.90. The first-order chi connectivity index (χ1) is 8.90. The molecule has 0 aromatic heterocycles. The van der Waals surface area contributed by atoms with Crippen molar-refractivity contribution in [3.05, 3.63) is 0 Å². The molecule has 0 unspecified atom stereocenters. The standard InChI is InChI=1S/C11H16F4N2O3/c1-10(2,3)20-9(19)16-7-5-17(4-6(7)12)8(18)11(13,14)15/h6-7H,4-5H2,1-3H3,(H,16,19)/t6-,7+/m1/s1. The summed E-state index contributed by atoms with van der Waals surface area (Å²) < 4.78 is 55.1. The first-order valence-corrected chi connectivity index (χ1v) is 5.90. The van der Waals surface area contributed by atoms with E-state index in [1.165, 1.54) is 0 Å². The molecule has 116 valence electrons. The SMILES string of the molecule is CC(C)(C)OC(=O)N[C@H]1CN(C(=O)C(F)(F)F)C[C@H]1F. The number of alkyl halides is 4. The molecule has 20 heavy (non-hydrogen) atoms. The van der Waals surface area contributed by atoms with Gasteiger partial charge in [0.1, 0.15) is 11.8 Å². The molecular formula is C11H16F4N2O3. The lowest BCUT2D eigenvalue weighted by Crippen LogP contribution is -2.45. The van der Waals surface area contributed by atoms with E-state index in [-0.39, 0.29) is 0 Å². The molecule has 0 aliphatic carbocycles. The van der Waals surface area contributed by atoms with Crippen LogP contribution in [0.1, 0.15) is 20.8 Å². The molecule has 0 bridgehead atoms. The van der Waals surface area contributed by atoms with Crippen molar-refractivity contribution in [3.63, 3.8) is 0 Å². The number of nitrogens with one attached hydrogen (secondary N) is 1. The summed E-state index contributed by atoms with van der Waals surface area (Å²) in [6.07, 6.45) is -7.76. The van der Waals surface area contributed by atoms with Gasteiger partial charge in [0.15, 0.2) is 0 Å². The van der Waals surface area contributed by atoms with Crippen LogP contribution in [-0.2, 0) is 9.53 Å². The van der Waals surface area contributed by atoms with Crippen molar-refractivity contribution in [3.8, 4) is 0 Å². The number of likely N-dealkylation sites (tertiary alicyclic amines) is 1. The molecule has 0 saturated carbocycles. The van der Waals surface area contributed by atoms with Gasteiger partial charge in [-0.15, -0.1) is 0 Å². The third kappa shape index (κ3) is 4.53. The molecule has 1 rings (SSSR count). The quantitative estimate of drug-likeness (QED) is 0.749. The summed E-state index contributed by atoms with van der Waals surface area (Å²) in [4.78, 5) is 22.7. The van der Waals surface area contributed by atoms with Gasteiger partial charge in [0.05, 0.1) is 12.6 Å². The number of amides is 2. The smallest absolute Gasteiger partial charge is 0.444 e. The Morgan fingerprint density at radius 2 is 1.75 bits per heavy atom. The van der Waals surface area contributed by atoms with E-state index >= 15 is 0 Å². The van der Waals surface area contributed by atoms with Crippen molar-refractivity contribution in [1.82, 2.24) is 10.2 Å². The second kappa shape index (κ2) is 5.45. The predicted octanol–water partition coefficient (Wildman–Crippen LogP) is 1.62. The van der Waals surface area contributed by atoms with E-state index in [1.807, 2.05) is 0 Å². The molecule has 5 nitrogen and oxygen atoms in total. The van der Waals surface area contributed by atoms with Crippen LogP contribution in [0.4, 0.5) is 22.4 Å². The summed E-state index contributed by atoms with van der Waals surface area (Å²) >= 11 is 0. The number of alkyl carbamates (subject to hydrolysis) is 1. The highest BCUT2D eigenvalue weighted by Crippen LogP contribution is 2.23. The van der Waals surface area contributed by atoms with E-state index in [1.54, 1.807) is 20.8 Å². The average Bonchev–Trinajstić information content (AvgIpc) is 2.54. The highest BCUT2D eigenvalue weighted by Gasteiger charge is 2.47.